The molecule has 0 aromatic heterocycles. The van der Waals surface area contributed by atoms with Crippen LogP contribution < -0.4 is 0 Å². The molecule has 1 heterocycles. The van der Waals surface area contributed by atoms with Gasteiger partial charge in [0.1, 0.15) is 12.2 Å². The summed E-state index contributed by atoms with van der Waals surface area (Å²) in [7, 11) is 0. The SMILES string of the molecule is C=CC1=CCN(C(=O)OCc2ccccc2)N(C(=O)OC(C)(C)C)C1. The second-order valence-corrected chi connectivity index (χ2v) is 6.64. The van der Waals surface area contributed by atoms with Crippen molar-refractivity contribution in [3.05, 3.63) is 60.2 Å². The van der Waals surface area contributed by atoms with E-state index in [2.05, 4.69) is 6.58 Å². The Bertz CT molecular complexity index is 662. The van der Waals surface area contributed by atoms with E-state index in [1.54, 1.807) is 26.8 Å². The average molecular weight is 344 g/mol. The van der Waals surface area contributed by atoms with Gasteiger partial charge in [-0.3, -0.25) is 0 Å². The lowest BCUT2D eigenvalue weighted by Crippen LogP contribution is -2.54. The Morgan fingerprint density at radius 2 is 1.84 bits per heavy atom. The third-order valence-corrected chi connectivity index (χ3v) is 3.43. The highest BCUT2D eigenvalue weighted by molar-refractivity contribution is 5.75. The van der Waals surface area contributed by atoms with E-state index in [4.69, 9.17) is 9.47 Å². The van der Waals surface area contributed by atoms with E-state index >= 15 is 0 Å². The molecule has 0 bridgehead atoms. The van der Waals surface area contributed by atoms with Crippen molar-refractivity contribution in [2.45, 2.75) is 33.0 Å². The fraction of sp³-hybridized carbons (Fsp3) is 0.368. The molecule has 0 saturated carbocycles. The highest BCUT2D eigenvalue weighted by Gasteiger charge is 2.33. The van der Waals surface area contributed by atoms with Crippen LogP contribution in [0.5, 0.6) is 0 Å². The Balaban J connectivity index is 2.08. The molecule has 134 valence electrons. The largest absolute Gasteiger partial charge is 0.443 e. The van der Waals surface area contributed by atoms with E-state index in [1.165, 1.54) is 10.0 Å². The van der Waals surface area contributed by atoms with Gasteiger partial charge in [-0.15, -0.1) is 0 Å². The normalized spacial score (nSPS) is 14.6. The molecule has 0 aliphatic carbocycles. The van der Waals surface area contributed by atoms with Gasteiger partial charge in [0.25, 0.3) is 0 Å². The van der Waals surface area contributed by atoms with Gasteiger partial charge in [0.2, 0.25) is 0 Å². The second-order valence-electron chi connectivity index (χ2n) is 6.64. The van der Waals surface area contributed by atoms with Crippen molar-refractivity contribution in [3.63, 3.8) is 0 Å². The molecule has 0 N–H and O–H groups in total. The molecule has 0 radical (unpaired) electrons. The van der Waals surface area contributed by atoms with Crippen LogP contribution in [-0.4, -0.2) is 40.9 Å². The third kappa shape index (κ3) is 5.38. The lowest BCUT2D eigenvalue weighted by molar-refractivity contribution is -0.0428. The van der Waals surface area contributed by atoms with E-state index in [-0.39, 0.29) is 19.7 Å². The van der Waals surface area contributed by atoms with Gasteiger partial charge in [0.15, 0.2) is 0 Å². The van der Waals surface area contributed by atoms with Gasteiger partial charge >= 0.3 is 12.2 Å². The quantitative estimate of drug-likeness (QED) is 0.834. The van der Waals surface area contributed by atoms with Crippen molar-refractivity contribution in [1.29, 1.82) is 0 Å². The van der Waals surface area contributed by atoms with Gasteiger partial charge in [-0.05, 0) is 31.9 Å². The Kier molecular flexibility index (Phi) is 5.85. The van der Waals surface area contributed by atoms with E-state index in [9.17, 15) is 9.59 Å². The average Bonchev–Trinajstić information content (AvgIpc) is 2.58. The number of carbonyl (C=O) groups excluding carboxylic acids is 2. The van der Waals surface area contributed by atoms with Crippen LogP contribution in [0.1, 0.15) is 26.3 Å². The van der Waals surface area contributed by atoms with Crippen LogP contribution >= 0.6 is 0 Å². The van der Waals surface area contributed by atoms with E-state index in [0.717, 1.165) is 11.1 Å². The van der Waals surface area contributed by atoms with Crippen LogP contribution in [0.4, 0.5) is 9.59 Å². The highest BCUT2D eigenvalue weighted by Crippen LogP contribution is 2.18. The minimum absolute atomic E-state index is 0.135. The summed E-state index contributed by atoms with van der Waals surface area (Å²) in [6.07, 6.45) is 2.28. The van der Waals surface area contributed by atoms with Crippen molar-refractivity contribution in [3.8, 4) is 0 Å². The molecule has 0 fully saturated rings. The smallest absolute Gasteiger partial charge is 0.429 e. The van der Waals surface area contributed by atoms with Crippen LogP contribution in [0.25, 0.3) is 0 Å². The van der Waals surface area contributed by atoms with E-state index in [1.807, 2.05) is 36.4 Å². The lowest BCUT2D eigenvalue weighted by atomic mass is 10.2. The van der Waals surface area contributed by atoms with Crippen molar-refractivity contribution < 1.29 is 19.1 Å². The molecule has 2 amide bonds. The number of hydrogen-bond donors (Lipinski definition) is 0. The molecule has 25 heavy (non-hydrogen) atoms. The van der Waals surface area contributed by atoms with Gasteiger partial charge in [-0.1, -0.05) is 49.1 Å². The van der Waals surface area contributed by atoms with Gasteiger partial charge in [0.05, 0.1) is 13.1 Å². The zero-order valence-electron chi connectivity index (χ0n) is 14.9. The molecule has 1 aliphatic heterocycles. The third-order valence-electron chi connectivity index (χ3n) is 3.43. The monoisotopic (exact) mass is 344 g/mol. The summed E-state index contributed by atoms with van der Waals surface area (Å²) in [6.45, 7) is 9.60. The van der Waals surface area contributed by atoms with Crippen LogP contribution in [0.15, 0.2) is 54.6 Å². The molecule has 0 unspecified atom stereocenters. The maximum Gasteiger partial charge on any atom is 0.429 e. The zero-order valence-corrected chi connectivity index (χ0v) is 14.9. The maximum absolute atomic E-state index is 12.5. The molecular formula is C19H24N2O4. The summed E-state index contributed by atoms with van der Waals surface area (Å²) in [5.74, 6) is 0. The van der Waals surface area contributed by atoms with E-state index < -0.39 is 17.8 Å². The number of ether oxygens (including phenoxy) is 2. The molecule has 1 aromatic carbocycles. The van der Waals surface area contributed by atoms with Crippen LogP contribution in [0.2, 0.25) is 0 Å². The highest BCUT2D eigenvalue weighted by atomic mass is 16.6. The summed E-state index contributed by atoms with van der Waals surface area (Å²) in [4.78, 5) is 24.9. The Morgan fingerprint density at radius 3 is 2.44 bits per heavy atom. The number of amides is 2. The van der Waals surface area contributed by atoms with E-state index in [0.29, 0.717) is 0 Å². The predicted molar refractivity (Wildman–Crippen MR) is 94.6 cm³/mol. The molecule has 6 heteroatoms. The van der Waals surface area contributed by atoms with Gasteiger partial charge in [-0.25, -0.2) is 19.6 Å². The Labute approximate surface area is 148 Å². The van der Waals surface area contributed by atoms with Crippen molar-refractivity contribution >= 4 is 12.2 Å². The summed E-state index contributed by atoms with van der Waals surface area (Å²) < 4.78 is 10.7. The molecule has 0 spiro atoms. The summed E-state index contributed by atoms with van der Waals surface area (Å²) in [6, 6.07) is 9.36. The molecule has 1 aliphatic rings. The molecule has 2 rings (SSSR count). The topological polar surface area (TPSA) is 59.1 Å². The first-order valence-electron chi connectivity index (χ1n) is 8.10. The fourth-order valence-electron chi connectivity index (χ4n) is 2.22. The maximum atomic E-state index is 12.5. The van der Waals surface area contributed by atoms with Crippen molar-refractivity contribution in [2.24, 2.45) is 0 Å². The second kappa shape index (κ2) is 7.88. The van der Waals surface area contributed by atoms with Gasteiger partial charge in [-0.2, -0.15) is 0 Å². The summed E-state index contributed by atoms with van der Waals surface area (Å²) >= 11 is 0. The van der Waals surface area contributed by atoms with Crippen molar-refractivity contribution in [2.75, 3.05) is 13.1 Å². The number of rotatable bonds is 3. The Hall–Kier alpha value is -2.76. The Morgan fingerprint density at radius 1 is 1.16 bits per heavy atom. The van der Waals surface area contributed by atoms with Crippen molar-refractivity contribution in [1.82, 2.24) is 10.0 Å². The first-order valence-corrected chi connectivity index (χ1v) is 8.10. The van der Waals surface area contributed by atoms with Crippen LogP contribution in [0, 0.1) is 0 Å². The molecule has 1 aromatic rings. The minimum Gasteiger partial charge on any atom is -0.443 e. The summed E-state index contributed by atoms with van der Waals surface area (Å²) in [5, 5.41) is 2.49. The number of hydrazine groups is 1. The predicted octanol–water partition coefficient (Wildman–Crippen LogP) is 3.90. The van der Waals surface area contributed by atoms with Crippen LogP contribution in [-0.2, 0) is 16.1 Å². The molecule has 6 nitrogen and oxygen atoms in total. The molecule has 0 saturated heterocycles. The van der Waals surface area contributed by atoms with Gasteiger partial charge < -0.3 is 9.47 Å². The first-order chi connectivity index (χ1) is 11.8. The summed E-state index contributed by atoms with van der Waals surface area (Å²) in [5.41, 5.74) is 1.06. The first kappa shape index (κ1) is 18.6. The zero-order chi connectivity index (χ0) is 18.4. The van der Waals surface area contributed by atoms with Crippen LogP contribution in [0.3, 0.4) is 0 Å². The minimum atomic E-state index is -0.661. The number of hydrogen-bond acceptors (Lipinski definition) is 4. The number of carbonyl (C=O) groups is 2. The number of benzene rings is 1. The molecule has 0 atom stereocenters. The van der Waals surface area contributed by atoms with Gasteiger partial charge in [0, 0.05) is 0 Å². The number of nitrogens with zero attached hydrogens (tertiary/aromatic N) is 2. The molecular weight excluding hydrogens is 320 g/mol. The fourth-order valence-corrected chi connectivity index (χ4v) is 2.22. The standard InChI is InChI=1S/C19H24N2O4/c1-5-15-11-12-20(21(13-15)18(23)25-19(2,3)4)17(22)24-14-16-9-7-6-8-10-16/h5-11H,1,12-14H2,2-4H3. The lowest BCUT2D eigenvalue weighted by Gasteiger charge is -2.37.